The number of ether oxygens (including phenoxy) is 3. The summed E-state index contributed by atoms with van der Waals surface area (Å²) in [6.45, 7) is 3.96. The smallest absolute Gasteiger partial charge is 0.415 e. The highest BCUT2D eigenvalue weighted by Gasteiger charge is 2.19. The highest BCUT2D eigenvalue weighted by molar-refractivity contribution is 5.97. The number of allylic oxidation sites excluding steroid dienone is 1. The van der Waals surface area contributed by atoms with Gasteiger partial charge in [-0.25, -0.2) is 4.79 Å². The second-order valence-electron chi connectivity index (χ2n) is 4.93. The Labute approximate surface area is 142 Å². The van der Waals surface area contributed by atoms with E-state index in [2.05, 4.69) is 5.16 Å². The maximum absolute atomic E-state index is 11.9. The fraction of sp³-hybridized carbons (Fsp3) is 0.412. The first-order valence-corrected chi connectivity index (χ1v) is 7.34. The highest BCUT2D eigenvalue weighted by Crippen LogP contribution is 2.22. The Bertz CT molecular complexity index is 598. The Morgan fingerprint density at radius 3 is 2.54 bits per heavy atom. The number of benzene rings is 1. The van der Waals surface area contributed by atoms with E-state index >= 15 is 0 Å². The molecule has 1 rings (SSSR count). The van der Waals surface area contributed by atoms with E-state index in [1.54, 1.807) is 19.4 Å². The summed E-state index contributed by atoms with van der Waals surface area (Å²) < 4.78 is 14.8. The number of carbonyl (C=O) groups excluding carboxylic acids is 1. The molecule has 0 fully saturated rings. The van der Waals surface area contributed by atoms with E-state index in [-0.39, 0.29) is 13.3 Å². The fourth-order valence-corrected chi connectivity index (χ4v) is 1.89. The van der Waals surface area contributed by atoms with Gasteiger partial charge in [-0.2, -0.15) is 0 Å². The Morgan fingerprint density at radius 1 is 1.21 bits per heavy atom. The van der Waals surface area contributed by atoms with E-state index in [1.807, 2.05) is 32.0 Å². The maximum Gasteiger partial charge on any atom is 0.415 e. The van der Waals surface area contributed by atoms with Crippen LogP contribution < -0.4 is 4.90 Å². The van der Waals surface area contributed by atoms with Crippen LogP contribution in [-0.4, -0.2) is 39.9 Å². The third-order valence-corrected chi connectivity index (χ3v) is 3.22. The van der Waals surface area contributed by atoms with E-state index < -0.39 is 6.09 Å². The monoisotopic (exact) mass is 336 g/mol. The Hall–Kier alpha value is -2.54. The number of hydrogen-bond donors (Lipinski definition) is 0. The number of amides is 1. The summed E-state index contributed by atoms with van der Waals surface area (Å²) in [6.07, 6.45) is 1.08. The first kappa shape index (κ1) is 19.5. The van der Waals surface area contributed by atoms with E-state index in [1.165, 1.54) is 19.1 Å². The van der Waals surface area contributed by atoms with Crippen molar-refractivity contribution in [2.75, 3.05) is 33.0 Å². The van der Waals surface area contributed by atoms with Crippen LogP contribution in [0.1, 0.15) is 19.4 Å². The summed E-state index contributed by atoms with van der Waals surface area (Å²) in [6, 6.07) is 7.33. The minimum absolute atomic E-state index is 0.0711. The van der Waals surface area contributed by atoms with E-state index in [9.17, 15) is 4.79 Å². The first-order valence-electron chi connectivity index (χ1n) is 7.34. The van der Waals surface area contributed by atoms with Gasteiger partial charge in [0.25, 0.3) is 0 Å². The third kappa shape index (κ3) is 5.58. The van der Waals surface area contributed by atoms with Gasteiger partial charge in [0.15, 0.2) is 0 Å². The van der Waals surface area contributed by atoms with Crippen molar-refractivity contribution in [3.63, 3.8) is 0 Å². The van der Waals surface area contributed by atoms with E-state index in [0.717, 1.165) is 11.1 Å². The van der Waals surface area contributed by atoms with Crippen LogP contribution in [0.2, 0.25) is 0 Å². The lowest BCUT2D eigenvalue weighted by molar-refractivity contribution is 0.129. The molecular weight excluding hydrogens is 312 g/mol. The zero-order valence-corrected chi connectivity index (χ0v) is 14.7. The van der Waals surface area contributed by atoms with Gasteiger partial charge in [0, 0.05) is 18.2 Å². The molecule has 0 spiro atoms. The first-order chi connectivity index (χ1) is 11.5. The van der Waals surface area contributed by atoms with Crippen molar-refractivity contribution in [3.8, 4) is 0 Å². The van der Waals surface area contributed by atoms with Gasteiger partial charge in [0.1, 0.15) is 13.3 Å². The normalized spacial score (nSPS) is 11.9. The molecule has 0 radical (unpaired) electrons. The van der Waals surface area contributed by atoms with Gasteiger partial charge in [-0.05, 0) is 19.9 Å². The minimum atomic E-state index is -0.511. The molecule has 1 aromatic carbocycles. The largest absolute Gasteiger partial charge is 0.504 e. The molecule has 1 amide bonds. The molecule has 7 heteroatoms. The Morgan fingerprint density at radius 2 is 1.92 bits per heavy atom. The van der Waals surface area contributed by atoms with Crippen LogP contribution in [0, 0.1) is 0 Å². The second-order valence-corrected chi connectivity index (χ2v) is 4.93. The number of para-hydroxylation sites is 1. The summed E-state index contributed by atoms with van der Waals surface area (Å²) in [5.74, 6) is 0. The van der Waals surface area contributed by atoms with E-state index in [0.29, 0.717) is 11.4 Å². The van der Waals surface area contributed by atoms with E-state index in [4.69, 9.17) is 19.0 Å². The maximum atomic E-state index is 11.9. The van der Waals surface area contributed by atoms with Gasteiger partial charge in [-0.3, -0.25) is 4.90 Å². The summed E-state index contributed by atoms with van der Waals surface area (Å²) in [5, 5.41) is 4.05. The number of oxime groups is 1. The molecule has 0 saturated heterocycles. The molecule has 0 heterocycles. The molecule has 0 N–H and O–H groups in total. The number of anilines is 1. The summed E-state index contributed by atoms with van der Waals surface area (Å²) >= 11 is 0. The summed E-state index contributed by atoms with van der Waals surface area (Å²) in [4.78, 5) is 18.7. The molecule has 1 aromatic rings. The molecule has 0 aliphatic carbocycles. The van der Waals surface area contributed by atoms with Crippen LogP contribution >= 0.6 is 0 Å². The van der Waals surface area contributed by atoms with Crippen LogP contribution in [0.5, 0.6) is 0 Å². The molecule has 0 bridgehead atoms. The van der Waals surface area contributed by atoms with Gasteiger partial charge < -0.3 is 19.0 Å². The molecule has 0 saturated carbocycles. The lowest BCUT2D eigenvalue weighted by Gasteiger charge is -2.22. The van der Waals surface area contributed by atoms with Crippen LogP contribution in [0.3, 0.4) is 0 Å². The number of hydrogen-bond acceptors (Lipinski definition) is 6. The van der Waals surface area contributed by atoms with Gasteiger partial charge in [-0.15, -0.1) is 0 Å². The van der Waals surface area contributed by atoms with Crippen LogP contribution in [0.4, 0.5) is 10.5 Å². The molecular formula is C17H24N2O5. The minimum Gasteiger partial charge on any atom is -0.504 e. The molecule has 132 valence electrons. The highest BCUT2D eigenvalue weighted by atomic mass is 16.6. The predicted octanol–water partition coefficient (Wildman–Crippen LogP) is 3.31. The quantitative estimate of drug-likeness (QED) is 0.315. The average molecular weight is 336 g/mol. The van der Waals surface area contributed by atoms with Crippen molar-refractivity contribution >= 4 is 17.5 Å². The molecule has 0 unspecified atom stereocenters. The summed E-state index contributed by atoms with van der Waals surface area (Å²) in [5.41, 5.74) is 2.99. The Kier molecular flexibility index (Phi) is 8.35. The van der Waals surface area contributed by atoms with Crippen molar-refractivity contribution in [2.24, 2.45) is 5.16 Å². The lowest BCUT2D eigenvalue weighted by atomic mass is 10.2. The third-order valence-electron chi connectivity index (χ3n) is 3.22. The number of carbonyl (C=O) groups is 1. The number of methoxy groups -OCH3 is 3. The molecule has 0 atom stereocenters. The topological polar surface area (TPSA) is 69.6 Å². The van der Waals surface area contributed by atoms with Crippen molar-refractivity contribution in [1.82, 2.24) is 0 Å². The predicted molar refractivity (Wildman–Crippen MR) is 91.9 cm³/mol. The average Bonchev–Trinajstić information content (AvgIpc) is 2.59. The zero-order chi connectivity index (χ0) is 17.9. The van der Waals surface area contributed by atoms with Crippen molar-refractivity contribution in [2.45, 2.75) is 20.5 Å². The van der Waals surface area contributed by atoms with Gasteiger partial charge in [-0.1, -0.05) is 23.4 Å². The molecule has 0 aromatic heterocycles. The molecule has 24 heavy (non-hydrogen) atoms. The Balaban J connectivity index is 2.92. The molecule has 0 aliphatic heterocycles. The fourth-order valence-electron chi connectivity index (χ4n) is 1.89. The van der Waals surface area contributed by atoms with Gasteiger partial charge >= 0.3 is 6.09 Å². The lowest BCUT2D eigenvalue weighted by Crippen LogP contribution is -2.33. The van der Waals surface area contributed by atoms with Crippen molar-refractivity contribution < 1.29 is 23.8 Å². The van der Waals surface area contributed by atoms with Gasteiger partial charge in [0.05, 0.1) is 31.9 Å². The molecule has 0 aliphatic rings. The number of rotatable bonds is 8. The van der Waals surface area contributed by atoms with Crippen LogP contribution in [0.25, 0.3) is 0 Å². The van der Waals surface area contributed by atoms with Crippen LogP contribution in [0.15, 0.2) is 41.3 Å². The zero-order valence-electron chi connectivity index (χ0n) is 14.7. The van der Waals surface area contributed by atoms with Gasteiger partial charge in [0.2, 0.25) is 0 Å². The summed E-state index contributed by atoms with van der Waals surface area (Å²) in [7, 11) is 4.40. The molecule has 7 nitrogen and oxygen atoms in total. The number of nitrogens with zero attached hydrogens (tertiary/aromatic N) is 2. The van der Waals surface area contributed by atoms with Crippen molar-refractivity contribution in [3.05, 3.63) is 41.7 Å². The van der Waals surface area contributed by atoms with Crippen molar-refractivity contribution in [1.29, 1.82) is 0 Å². The second kappa shape index (κ2) is 10.3. The SMILES string of the molecule is CO/C=C(C)/C(C)=N/OCc1ccccc1N(COC)C(=O)OC. The standard InChI is InChI=1S/C17H24N2O5/c1-13(10-21-3)14(2)18-24-11-15-8-6-7-9-16(15)19(12-22-4)17(20)23-5/h6-10H,11-12H2,1-5H3/b13-10+,18-14+. The van der Waals surface area contributed by atoms with Crippen LogP contribution in [-0.2, 0) is 25.7 Å².